The number of hydrogen-bond acceptors (Lipinski definition) is 6. The second kappa shape index (κ2) is 10.6. The van der Waals surface area contributed by atoms with E-state index < -0.39 is 51.1 Å². The second-order valence-corrected chi connectivity index (χ2v) is 14.9. The number of allylic oxidation sites excluding steroid dienone is 2. The van der Waals surface area contributed by atoms with Crippen LogP contribution in [-0.4, -0.2) is 55.9 Å². The summed E-state index contributed by atoms with van der Waals surface area (Å²) >= 11 is 28.1. The van der Waals surface area contributed by atoms with Crippen LogP contribution < -0.4 is 9.64 Å². The summed E-state index contributed by atoms with van der Waals surface area (Å²) in [6.07, 6.45) is 1.95. The zero-order chi connectivity index (χ0) is 30.5. The molecule has 2 aromatic rings. The number of carbonyl (C=O) groups is 4. The molecule has 220 valence electrons. The highest BCUT2D eigenvalue weighted by atomic mass is 79.9. The number of halogens is 6. The van der Waals surface area contributed by atoms with E-state index in [0.29, 0.717) is 21.3 Å². The van der Waals surface area contributed by atoms with Gasteiger partial charge in [0.15, 0.2) is 21.2 Å². The smallest absolute Gasteiger partial charge is 0.254 e. The summed E-state index contributed by atoms with van der Waals surface area (Å²) in [6, 6.07) is 8.41. The van der Waals surface area contributed by atoms with Crippen molar-refractivity contribution < 1.29 is 29.0 Å². The zero-order valence-corrected chi connectivity index (χ0v) is 29.4. The van der Waals surface area contributed by atoms with Gasteiger partial charge in [-0.25, -0.2) is 0 Å². The van der Waals surface area contributed by atoms with Crippen LogP contribution in [0.25, 0.3) is 0 Å². The molecular formula is C28H20Br4Cl2N2O6. The number of phenols is 1. The molecule has 6 atom stereocenters. The monoisotopic (exact) mass is 866 g/mol. The number of carbonyl (C=O) groups excluding carboxylic acids is 4. The van der Waals surface area contributed by atoms with Crippen molar-refractivity contribution in [3.05, 3.63) is 61.0 Å². The lowest BCUT2D eigenvalue weighted by Gasteiger charge is -2.51. The molecule has 0 bridgehead atoms. The Morgan fingerprint density at radius 1 is 1.00 bits per heavy atom. The number of benzene rings is 2. The van der Waals surface area contributed by atoms with Crippen LogP contribution in [0.5, 0.6) is 11.5 Å². The van der Waals surface area contributed by atoms with Crippen LogP contribution in [-0.2, 0) is 19.2 Å². The van der Waals surface area contributed by atoms with Crippen LogP contribution in [0.1, 0.15) is 24.3 Å². The Morgan fingerprint density at radius 3 is 2.29 bits per heavy atom. The molecule has 2 aromatic carbocycles. The summed E-state index contributed by atoms with van der Waals surface area (Å²) in [5, 5.41) is 10.7. The van der Waals surface area contributed by atoms with Crippen LogP contribution in [0.15, 0.2) is 55.4 Å². The first-order valence-corrected chi connectivity index (χ1v) is 17.0. The lowest BCUT2D eigenvalue weighted by molar-refractivity contribution is -0.138. The lowest BCUT2D eigenvalue weighted by Crippen LogP contribution is -2.60. The summed E-state index contributed by atoms with van der Waals surface area (Å²) in [7, 11) is 1.38. The first kappa shape index (κ1) is 30.6. The number of phenolic OH excluding ortho intramolecular Hbond substituents is 1. The van der Waals surface area contributed by atoms with Crippen LogP contribution in [0.2, 0.25) is 0 Å². The summed E-state index contributed by atoms with van der Waals surface area (Å²) < 4.78 is 6.82. The highest BCUT2D eigenvalue weighted by Gasteiger charge is 2.76. The third kappa shape index (κ3) is 3.94. The van der Waals surface area contributed by atoms with Gasteiger partial charge in [-0.05, 0) is 86.5 Å². The van der Waals surface area contributed by atoms with E-state index in [-0.39, 0.29) is 40.2 Å². The van der Waals surface area contributed by atoms with E-state index >= 15 is 0 Å². The van der Waals surface area contributed by atoms with Crippen LogP contribution in [0, 0.1) is 17.8 Å². The van der Waals surface area contributed by atoms with Crippen molar-refractivity contribution in [3.8, 4) is 11.5 Å². The van der Waals surface area contributed by atoms with Gasteiger partial charge in [0.2, 0.25) is 11.8 Å². The highest BCUT2D eigenvalue weighted by molar-refractivity contribution is 9.13. The molecule has 0 unspecified atom stereocenters. The van der Waals surface area contributed by atoms with E-state index in [1.807, 2.05) is 6.08 Å². The molecule has 6 rings (SSSR count). The molecule has 0 spiro atoms. The van der Waals surface area contributed by atoms with Crippen molar-refractivity contribution >= 4 is 116 Å². The van der Waals surface area contributed by atoms with Crippen molar-refractivity contribution in [1.82, 2.24) is 4.90 Å². The number of likely N-dealkylation sites (tertiary alicyclic amines) is 1. The predicted molar refractivity (Wildman–Crippen MR) is 170 cm³/mol. The Hall–Kier alpha value is -1.44. The van der Waals surface area contributed by atoms with E-state index in [1.165, 1.54) is 18.1 Å². The van der Waals surface area contributed by atoms with E-state index in [0.717, 1.165) is 9.37 Å². The molecule has 4 amide bonds. The number of imide groups is 2. The van der Waals surface area contributed by atoms with Crippen molar-refractivity contribution in [2.24, 2.45) is 17.8 Å². The molecular weight excluding hydrogens is 851 g/mol. The fourth-order valence-corrected chi connectivity index (χ4v) is 9.56. The van der Waals surface area contributed by atoms with Gasteiger partial charge in [0.25, 0.3) is 11.8 Å². The molecule has 2 saturated heterocycles. The van der Waals surface area contributed by atoms with Crippen molar-refractivity contribution in [1.29, 1.82) is 0 Å². The number of rotatable bonds is 4. The van der Waals surface area contributed by atoms with Gasteiger partial charge in [-0.3, -0.25) is 29.0 Å². The number of alkyl halides is 3. The van der Waals surface area contributed by atoms with Gasteiger partial charge in [0.1, 0.15) is 0 Å². The maximum atomic E-state index is 14.1. The second-order valence-electron chi connectivity index (χ2n) is 10.6. The molecule has 1 N–H and O–H groups in total. The summed E-state index contributed by atoms with van der Waals surface area (Å²) in [5.74, 6) is -5.42. The van der Waals surface area contributed by atoms with E-state index in [2.05, 4.69) is 63.7 Å². The topological polar surface area (TPSA) is 104 Å². The maximum Gasteiger partial charge on any atom is 0.254 e. The number of nitrogens with zero attached hydrogens (tertiary/aromatic N) is 2. The molecule has 3 fully saturated rings. The predicted octanol–water partition coefficient (Wildman–Crippen LogP) is 6.60. The van der Waals surface area contributed by atoms with Crippen LogP contribution in [0.3, 0.4) is 0 Å². The standard InChI is InChI=1S/C28H20Br4Cl2N2O6/c1-42-17-8-15(20(31)21(32)22(17)37)19-13-6-7-14-18(24(39)36(23(14)38)12-4-2-11(30)3-5-12)16(13)9-27(33)25(40)35(10-29)26(41)28(19,27)34/h2-6,8,14,16,18-19,37H,7,9-10H2,1H3/t14-,16+,18-,19+,27+,28-/m0/s1. The van der Waals surface area contributed by atoms with E-state index in [4.69, 9.17) is 27.9 Å². The first-order chi connectivity index (χ1) is 19.8. The van der Waals surface area contributed by atoms with Gasteiger partial charge >= 0.3 is 0 Å². The SMILES string of the molecule is COc1cc([C@H]2C3=CC[C@@H]4C(=O)N(c5ccc(Br)cc5)C(=O)[C@@H]4[C@@H]3C[C@@]3(Cl)C(=O)N(CBr)C(=O)[C@@]23Cl)c(Br)c(Br)c1O. The molecule has 0 aromatic heterocycles. The maximum absolute atomic E-state index is 14.1. The minimum Gasteiger partial charge on any atom is -0.503 e. The average molecular weight is 871 g/mol. The highest BCUT2D eigenvalue weighted by Crippen LogP contribution is 2.66. The van der Waals surface area contributed by atoms with Crippen molar-refractivity contribution in [2.45, 2.75) is 28.5 Å². The third-order valence-corrected chi connectivity index (χ3v) is 13.4. The van der Waals surface area contributed by atoms with Gasteiger partial charge in [0.05, 0.1) is 34.6 Å². The van der Waals surface area contributed by atoms with Gasteiger partial charge < -0.3 is 9.84 Å². The number of hydrogen-bond donors (Lipinski definition) is 1. The summed E-state index contributed by atoms with van der Waals surface area (Å²) in [5.41, 5.74) is 1.36. The normalized spacial score (nSPS) is 32.1. The fourth-order valence-electron chi connectivity index (χ4n) is 6.92. The number of anilines is 1. The molecule has 42 heavy (non-hydrogen) atoms. The fraction of sp³-hybridized carbons (Fsp3) is 0.357. The molecule has 14 heteroatoms. The Kier molecular flexibility index (Phi) is 7.70. The molecule has 0 radical (unpaired) electrons. The molecule has 1 saturated carbocycles. The first-order valence-electron chi connectivity index (χ1n) is 12.7. The Bertz CT molecular complexity index is 1620. The molecule has 2 aliphatic carbocycles. The van der Waals surface area contributed by atoms with Gasteiger partial charge in [-0.1, -0.05) is 43.5 Å². The van der Waals surface area contributed by atoms with Crippen molar-refractivity contribution in [3.63, 3.8) is 0 Å². The van der Waals surface area contributed by atoms with Crippen LogP contribution >= 0.6 is 86.9 Å². The number of fused-ring (bicyclic) bond motifs is 4. The van der Waals surface area contributed by atoms with Crippen LogP contribution in [0.4, 0.5) is 5.69 Å². The lowest BCUT2D eigenvalue weighted by atomic mass is 9.56. The molecule has 2 heterocycles. The van der Waals surface area contributed by atoms with E-state index in [1.54, 1.807) is 24.3 Å². The summed E-state index contributed by atoms with van der Waals surface area (Å²) in [6.45, 7) is 0. The molecule has 8 nitrogen and oxygen atoms in total. The van der Waals surface area contributed by atoms with Crippen molar-refractivity contribution in [2.75, 3.05) is 17.5 Å². The van der Waals surface area contributed by atoms with E-state index in [9.17, 15) is 24.3 Å². The molecule has 4 aliphatic rings. The zero-order valence-electron chi connectivity index (χ0n) is 21.5. The largest absolute Gasteiger partial charge is 0.503 e. The number of amides is 4. The van der Waals surface area contributed by atoms with Gasteiger partial charge in [-0.15, -0.1) is 23.2 Å². The quantitative estimate of drug-likeness (QED) is 0.161. The minimum atomic E-state index is -1.99. The number of ether oxygens (including phenoxy) is 1. The third-order valence-electron chi connectivity index (χ3n) is 8.80. The Morgan fingerprint density at radius 2 is 1.67 bits per heavy atom. The number of methoxy groups -OCH3 is 1. The summed E-state index contributed by atoms with van der Waals surface area (Å²) in [4.78, 5) is 53.8. The number of aromatic hydroxyl groups is 1. The molecule has 2 aliphatic heterocycles. The van der Waals surface area contributed by atoms with Gasteiger partial charge in [0, 0.05) is 14.9 Å². The Balaban J connectivity index is 1.56. The van der Waals surface area contributed by atoms with Gasteiger partial charge in [-0.2, -0.15) is 0 Å². The minimum absolute atomic E-state index is 0.0968. The average Bonchev–Trinajstić information content (AvgIpc) is 3.30. The Labute approximate surface area is 284 Å².